The summed E-state index contributed by atoms with van der Waals surface area (Å²) in [7, 11) is 0. The van der Waals surface area contributed by atoms with Gasteiger partial charge in [-0.15, -0.1) is 0 Å². The molecule has 1 aromatic rings. The van der Waals surface area contributed by atoms with Crippen molar-refractivity contribution in [2.75, 3.05) is 5.73 Å². The van der Waals surface area contributed by atoms with E-state index in [0.717, 1.165) is 5.56 Å². The van der Waals surface area contributed by atoms with Crippen molar-refractivity contribution in [1.82, 2.24) is 0 Å². The third-order valence-corrected chi connectivity index (χ3v) is 2.11. The van der Waals surface area contributed by atoms with Gasteiger partial charge in [0.1, 0.15) is 5.92 Å². The Hall–Kier alpha value is -2.04. The van der Waals surface area contributed by atoms with Crippen LogP contribution in [0.3, 0.4) is 0 Å². The van der Waals surface area contributed by atoms with Crippen molar-refractivity contribution < 1.29 is 9.59 Å². The van der Waals surface area contributed by atoms with Crippen LogP contribution in [0.15, 0.2) is 24.3 Å². The highest BCUT2D eigenvalue weighted by atomic mass is 16.2. The molecule has 0 bridgehead atoms. The first kappa shape index (κ1) is 11.0. The average Bonchev–Trinajstić information content (AvgIpc) is 2.15. The van der Waals surface area contributed by atoms with Crippen LogP contribution in [0, 0.1) is 5.92 Å². The van der Waals surface area contributed by atoms with Crippen LogP contribution in [0.1, 0.15) is 5.56 Å². The first-order chi connectivity index (χ1) is 7.00. The standard InChI is InChI=1S/C10H13N3O2/c11-7-3-1-6(2-4-7)5-8(9(12)14)10(13)15/h1-4,8H,5,11H2,(H2,12,14)(H2,13,15). The molecule has 80 valence electrons. The molecule has 0 aliphatic carbocycles. The molecule has 0 aromatic heterocycles. The Morgan fingerprint density at radius 2 is 1.53 bits per heavy atom. The number of hydrogen-bond acceptors (Lipinski definition) is 3. The fourth-order valence-corrected chi connectivity index (χ4v) is 1.23. The van der Waals surface area contributed by atoms with Crippen molar-refractivity contribution >= 4 is 17.5 Å². The molecular formula is C10H13N3O2. The van der Waals surface area contributed by atoms with Crippen LogP contribution < -0.4 is 17.2 Å². The minimum atomic E-state index is -0.964. The number of rotatable bonds is 4. The Morgan fingerprint density at radius 1 is 1.07 bits per heavy atom. The summed E-state index contributed by atoms with van der Waals surface area (Å²) in [4.78, 5) is 21.8. The average molecular weight is 207 g/mol. The highest BCUT2D eigenvalue weighted by molar-refractivity contribution is 5.99. The largest absolute Gasteiger partial charge is 0.399 e. The molecule has 0 unspecified atom stereocenters. The second-order valence-electron chi connectivity index (χ2n) is 3.30. The molecular weight excluding hydrogens is 194 g/mol. The molecule has 5 heteroatoms. The van der Waals surface area contributed by atoms with Gasteiger partial charge in [-0.25, -0.2) is 0 Å². The smallest absolute Gasteiger partial charge is 0.230 e. The summed E-state index contributed by atoms with van der Waals surface area (Å²) < 4.78 is 0. The third-order valence-electron chi connectivity index (χ3n) is 2.11. The van der Waals surface area contributed by atoms with E-state index in [4.69, 9.17) is 17.2 Å². The number of carbonyl (C=O) groups excluding carboxylic acids is 2. The maximum Gasteiger partial charge on any atom is 0.230 e. The third kappa shape index (κ3) is 2.98. The highest BCUT2D eigenvalue weighted by Crippen LogP contribution is 2.11. The molecule has 0 aliphatic heterocycles. The molecule has 1 aromatic carbocycles. The van der Waals surface area contributed by atoms with Crippen molar-refractivity contribution in [1.29, 1.82) is 0 Å². The van der Waals surface area contributed by atoms with Crippen LogP contribution in [-0.2, 0) is 16.0 Å². The molecule has 2 amide bonds. The van der Waals surface area contributed by atoms with E-state index in [9.17, 15) is 9.59 Å². The zero-order valence-electron chi connectivity index (χ0n) is 8.14. The molecule has 15 heavy (non-hydrogen) atoms. The summed E-state index contributed by atoms with van der Waals surface area (Å²) in [6.07, 6.45) is 0.213. The quantitative estimate of drug-likeness (QED) is 0.452. The Labute approximate surface area is 87.2 Å². The van der Waals surface area contributed by atoms with Gasteiger partial charge in [0.15, 0.2) is 0 Å². The number of hydrogen-bond donors (Lipinski definition) is 3. The Morgan fingerprint density at radius 3 is 1.93 bits per heavy atom. The topological polar surface area (TPSA) is 112 Å². The Kier molecular flexibility index (Phi) is 3.28. The number of amides is 2. The molecule has 0 atom stereocenters. The highest BCUT2D eigenvalue weighted by Gasteiger charge is 2.21. The van der Waals surface area contributed by atoms with Crippen molar-refractivity contribution in [3.8, 4) is 0 Å². The summed E-state index contributed by atoms with van der Waals surface area (Å²) in [5.41, 5.74) is 17.0. The van der Waals surface area contributed by atoms with E-state index in [2.05, 4.69) is 0 Å². The van der Waals surface area contributed by atoms with Gasteiger partial charge in [-0.3, -0.25) is 9.59 Å². The van der Waals surface area contributed by atoms with E-state index < -0.39 is 17.7 Å². The SMILES string of the molecule is NC(=O)C(Cc1ccc(N)cc1)C(N)=O. The second kappa shape index (κ2) is 4.45. The molecule has 0 spiro atoms. The van der Waals surface area contributed by atoms with Crippen molar-refractivity contribution in [3.05, 3.63) is 29.8 Å². The Balaban J connectivity index is 2.79. The minimum absolute atomic E-state index is 0.213. The number of primary amides is 2. The summed E-state index contributed by atoms with van der Waals surface area (Å²) in [6, 6.07) is 6.84. The molecule has 6 N–H and O–H groups in total. The van der Waals surface area contributed by atoms with Gasteiger partial charge >= 0.3 is 0 Å². The van der Waals surface area contributed by atoms with E-state index in [1.807, 2.05) is 0 Å². The van der Waals surface area contributed by atoms with E-state index in [0.29, 0.717) is 5.69 Å². The van der Waals surface area contributed by atoms with Gasteiger partial charge in [0.05, 0.1) is 0 Å². The van der Waals surface area contributed by atoms with E-state index in [1.165, 1.54) is 0 Å². The van der Waals surface area contributed by atoms with Crippen LogP contribution in [0.2, 0.25) is 0 Å². The van der Waals surface area contributed by atoms with Gasteiger partial charge in [-0.1, -0.05) is 12.1 Å². The van der Waals surface area contributed by atoms with Crippen LogP contribution in [0.5, 0.6) is 0 Å². The number of anilines is 1. The second-order valence-corrected chi connectivity index (χ2v) is 3.30. The maximum absolute atomic E-state index is 10.9. The fraction of sp³-hybridized carbons (Fsp3) is 0.200. The van der Waals surface area contributed by atoms with Gasteiger partial charge in [0.2, 0.25) is 11.8 Å². The number of carbonyl (C=O) groups is 2. The number of nitrogen functional groups attached to an aromatic ring is 1. The molecule has 0 aliphatic rings. The Bertz CT molecular complexity index is 359. The first-order valence-electron chi connectivity index (χ1n) is 4.43. The molecule has 0 saturated heterocycles. The van der Waals surface area contributed by atoms with Gasteiger partial charge in [0.25, 0.3) is 0 Å². The van der Waals surface area contributed by atoms with Crippen molar-refractivity contribution in [2.45, 2.75) is 6.42 Å². The molecule has 0 radical (unpaired) electrons. The molecule has 0 saturated carbocycles. The molecule has 0 heterocycles. The van der Waals surface area contributed by atoms with Gasteiger partial charge in [0, 0.05) is 5.69 Å². The fourth-order valence-electron chi connectivity index (χ4n) is 1.23. The lowest BCUT2D eigenvalue weighted by Crippen LogP contribution is -2.36. The lowest BCUT2D eigenvalue weighted by molar-refractivity contribution is -0.131. The van der Waals surface area contributed by atoms with Gasteiger partial charge in [-0.05, 0) is 24.1 Å². The van der Waals surface area contributed by atoms with Crippen LogP contribution in [-0.4, -0.2) is 11.8 Å². The summed E-state index contributed by atoms with van der Waals surface area (Å²) in [6.45, 7) is 0. The zero-order valence-corrected chi connectivity index (χ0v) is 8.14. The van der Waals surface area contributed by atoms with E-state index >= 15 is 0 Å². The normalized spacial score (nSPS) is 10.2. The maximum atomic E-state index is 10.9. The predicted octanol–water partition coefficient (Wildman–Crippen LogP) is -0.602. The first-order valence-corrected chi connectivity index (χ1v) is 4.43. The minimum Gasteiger partial charge on any atom is -0.399 e. The lowest BCUT2D eigenvalue weighted by Gasteiger charge is -2.09. The zero-order chi connectivity index (χ0) is 11.4. The summed E-state index contributed by atoms with van der Waals surface area (Å²) in [5.74, 6) is -2.38. The van der Waals surface area contributed by atoms with E-state index in [1.54, 1.807) is 24.3 Å². The number of benzene rings is 1. The lowest BCUT2D eigenvalue weighted by atomic mass is 9.98. The molecule has 0 fully saturated rings. The van der Waals surface area contributed by atoms with Crippen LogP contribution in [0.4, 0.5) is 5.69 Å². The van der Waals surface area contributed by atoms with Crippen LogP contribution in [0.25, 0.3) is 0 Å². The number of nitrogens with two attached hydrogens (primary N) is 3. The summed E-state index contributed by atoms with van der Waals surface area (Å²) in [5, 5.41) is 0. The summed E-state index contributed by atoms with van der Waals surface area (Å²) >= 11 is 0. The van der Waals surface area contributed by atoms with Crippen molar-refractivity contribution in [2.24, 2.45) is 17.4 Å². The molecule has 1 rings (SSSR count). The molecule has 5 nitrogen and oxygen atoms in total. The monoisotopic (exact) mass is 207 g/mol. The van der Waals surface area contributed by atoms with Crippen molar-refractivity contribution in [3.63, 3.8) is 0 Å². The van der Waals surface area contributed by atoms with Crippen LogP contribution >= 0.6 is 0 Å². The predicted molar refractivity (Wildman–Crippen MR) is 56.4 cm³/mol. The van der Waals surface area contributed by atoms with Gasteiger partial charge in [-0.2, -0.15) is 0 Å². The van der Waals surface area contributed by atoms with E-state index in [-0.39, 0.29) is 6.42 Å². The van der Waals surface area contributed by atoms with Gasteiger partial charge < -0.3 is 17.2 Å².